The second-order valence-electron chi connectivity index (χ2n) is 11.1. The van der Waals surface area contributed by atoms with Gasteiger partial charge < -0.3 is 4.57 Å². The van der Waals surface area contributed by atoms with Gasteiger partial charge in [-0.2, -0.15) is 0 Å². The van der Waals surface area contributed by atoms with E-state index in [2.05, 4.69) is 162 Å². The van der Waals surface area contributed by atoms with Gasteiger partial charge in [0.05, 0.1) is 16.7 Å². The summed E-state index contributed by atoms with van der Waals surface area (Å²) >= 11 is 6.14. The van der Waals surface area contributed by atoms with Crippen molar-refractivity contribution < 1.29 is 0 Å². The van der Waals surface area contributed by atoms with Gasteiger partial charge in [-0.05, 0) is 69.3 Å². The third-order valence-electron chi connectivity index (χ3n) is 8.50. The Kier molecular flexibility index (Phi) is 6.59. The van der Waals surface area contributed by atoms with Crippen molar-refractivity contribution in [3.63, 3.8) is 0 Å². The molecule has 0 amide bonds. The van der Waals surface area contributed by atoms with Gasteiger partial charge >= 0.3 is 0 Å². The molecule has 0 unspecified atom stereocenters. The number of hydrogen-bond acceptors (Lipinski definition) is 0. The molecule has 0 aliphatic heterocycles. The summed E-state index contributed by atoms with van der Waals surface area (Å²) in [6.07, 6.45) is 0. The fraction of sp³-hybridized carbons (Fsp3) is 0. The molecular weight excluding hydrogens is 554 g/mol. The van der Waals surface area contributed by atoms with Crippen LogP contribution in [0.2, 0.25) is 5.02 Å². The number of halogens is 1. The molecule has 0 fully saturated rings. The van der Waals surface area contributed by atoms with Gasteiger partial charge in [-0.15, -0.1) is 0 Å². The Bertz CT molecular complexity index is 2250. The van der Waals surface area contributed by atoms with Gasteiger partial charge in [-0.25, -0.2) is 0 Å². The fourth-order valence-corrected chi connectivity index (χ4v) is 6.52. The van der Waals surface area contributed by atoms with Crippen LogP contribution >= 0.6 is 11.6 Å². The van der Waals surface area contributed by atoms with Gasteiger partial charge in [0.2, 0.25) is 0 Å². The molecule has 8 aromatic rings. The van der Waals surface area contributed by atoms with Crippen LogP contribution in [0.1, 0.15) is 0 Å². The van der Waals surface area contributed by atoms with Crippen molar-refractivity contribution in [2.45, 2.75) is 0 Å². The average Bonchev–Trinajstić information content (AvgIpc) is 3.44. The second kappa shape index (κ2) is 11.0. The first kappa shape index (κ1) is 26.3. The molecule has 7 aromatic carbocycles. The molecule has 1 aromatic heterocycles. The highest BCUT2D eigenvalue weighted by atomic mass is 35.5. The van der Waals surface area contributed by atoms with Gasteiger partial charge in [0.1, 0.15) is 0 Å². The molecule has 0 atom stereocenters. The molecule has 0 bridgehead atoms. The van der Waals surface area contributed by atoms with Crippen LogP contribution in [0.3, 0.4) is 0 Å². The predicted octanol–water partition coefficient (Wildman–Crippen LogP) is 12.1. The van der Waals surface area contributed by atoms with Crippen LogP contribution in [0.15, 0.2) is 170 Å². The van der Waals surface area contributed by atoms with Gasteiger partial charge in [0, 0.05) is 21.4 Å². The number of hydrogen-bond donors (Lipinski definition) is 0. The van der Waals surface area contributed by atoms with Crippen molar-refractivity contribution in [2.75, 3.05) is 0 Å². The summed E-state index contributed by atoms with van der Waals surface area (Å²) in [5.41, 5.74) is 13.1. The predicted molar refractivity (Wildman–Crippen MR) is 188 cm³/mol. The lowest BCUT2D eigenvalue weighted by molar-refractivity contribution is 1.18. The Morgan fingerprint density at radius 2 is 0.886 bits per heavy atom. The molecule has 1 heterocycles. The Labute approximate surface area is 262 Å². The quantitative estimate of drug-likeness (QED) is 0.190. The minimum absolute atomic E-state index is 0.748. The van der Waals surface area contributed by atoms with E-state index >= 15 is 0 Å². The van der Waals surface area contributed by atoms with Crippen LogP contribution in [0.5, 0.6) is 0 Å². The largest absolute Gasteiger partial charge is 0.309 e. The molecule has 208 valence electrons. The Hall–Kier alpha value is -5.37. The van der Waals surface area contributed by atoms with Crippen LogP contribution in [0, 0.1) is 0 Å². The SMILES string of the molecule is Clc1ccc(-c2ccc(-c3cccc4c3c3ccccc3n4-c3cc(-c4ccccc4)ccc3-c3ccccc3)cc2)cc1. The van der Waals surface area contributed by atoms with Crippen molar-refractivity contribution in [1.82, 2.24) is 4.57 Å². The van der Waals surface area contributed by atoms with E-state index in [1.54, 1.807) is 0 Å². The lowest BCUT2D eigenvalue weighted by Gasteiger charge is -2.16. The van der Waals surface area contributed by atoms with E-state index in [4.69, 9.17) is 11.6 Å². The van der Waals surface area contributed by atoms with Crippen molar-refractivity contribution in [1.29, 1.82) is 0 Å². The highest BCUT2D eigenvalue weighted by Gasteiger charge is 2.19. The summed E-state index contributed by atoms with van der Waals surface area (Å²) in [6, 6.07) is 60.5. The molecule has 0 saturated heterocycles. The zero-order valence-electron chi connectivity index (χ0n) is 24.0. The van der Waals surface area contributed by atoms with Crippen LogP contribution in [0.4, 0.5) is 0 Å². The monoisotopic (exact) mass is 581 g/mol. The van der Waals surface area contributed by atoms with Gasteiger partial charge in [0.15, 0.2) is 0 Å². The summed E-state index contributed by atoms with van der Waals surface area (Å²) in [6.45, 7) is 0. The number of nitrogens with zero attached hydrogens (tertiary/aromatic N) is 1. The fourth-order valence-electron chi connectivity index (χ4n) is 6.39. The first-order valence-electron chi connectivity index (χ1n) is 14.9. The minimum Gasteiger partial charge on any atom is -0.309 e. The van der Waals surface area contributed by atoms with Crippen LogP contribution in [-0.2, 0) is 0 Å². The van der Waals surface area contributed by atoms with E-state index in [1.165, 1.54) is 66.4 Å². The number of benzene rings is 7. The third kappa shape index (κ3) is 4.59. The molecule has 2 heteroatoms. The number of para-hydroxylation sites is 1. The standard InChI is InChI=1S/C42H28ClN/c43-35-25-22-31(23-26-35)30-18-20-33(21-19-30)37-15-9-17-40-42(37)38-14-7-8-16-39(38)44(40)41-28-34(29-10-3-1-4-11-29)24-27-36(41)32-12-5-2-6-13-32/h1-28H. The first-order chi connectivity index (χ1) is 21.7. The number of aromatic nitrogens is 1. The molecular formula is C42H28ClN. The second-order valence-corrected chi connectivity index (χ2v) is 11.5. The van der Waals surface area contributed by atoms with E-state index in [1.807, 2.05) is 12.1 Å². The van der Waals surface area contributed by atoms with Crippen molar-refractivity contribution >= 4 is 33.4 Å². The molecule has 0 aliphatic rings. The minimum atomic E-state index is 0.748. The number of rotatable bonds is 5. The van der Waals surface area contributed by atoms with E-state index in [-0.39, 0.29) is 0 Å². The Morgan fingerprint density at radius 1 is 0.364 bits per heavy atom. The topological polar surface area (TPSA) is 4.93 Å². The smallest absolute Gasteiger partial charge is 0.0547 e. The number of fused-ring (bicyclic) bond motifs is 3. The van der Waals surface area contributed by atoms with E-state index < -0.39 is 0 Å². The van der Waals surface area contributed by atoms with Crippen molar-refractivity contribution in [2.24, 2.45) is 0 Å². The molecule has 0 spiro atoms. The molecule has 1 nitrogen and oxygen atoms in total. The molecule has 0 saturated carbocycles. The Balaban J connectivity index is 1.37. The van der Waals surface area contributed by atoms with Gasteiger partial charge in [-0.1, -0.05) is 151 Å². The highest BCUT2D eigenvalue weighted by molar-refractivity contribution is 6.30. The Morgan fingerprint density at radius 3 is 1.61 bits per heavy atom. The zero-order chi connectivity index (χ0) is 29.5. The maximum absolute atomic E-state index is 6.14. The lowest BCUT2D eigenvalue weighted by atomic mass is 9.96. The average molecular weight is 582 g/mol. The van der Waals surface area contributed by atoms with Crippen molar-refractivity contribution in [3.8, 4) is 50.2 Å². The van der Waals surface area contributed by atoms with Crippen LogP contribution in [-0.4, -0.2) is 4.57 Å². The van der Waals surface area contributed by atoms with Crippen molar-refractivity contribution in [3.05, 3.63) is 175 Å². The first-order valence-corrected chi connectivity index (χ1v) is 15.3. The molecule has 0 radical (unpaired) electrons. The maximum Gasteiger partial charge on any atom is 0.0547 e. The summed E-state index contributed by atoms with van der Waals surface area (Å²) < 4.78 is 2.45. The van der Waals surface area contributed by atoms with Gasteiger partial charge in [-0.3, -0.25) is 0 Å². The lowest BCUT2D eigenvalue weighted by Crippen LogP contribution is -1.98. The summed E-state index contributed by atoms with van der Waals surface area (Å²) in [7, 11) is 0. The van der Waals surface area contributed by atoms with Crippen LogP contribution < -0.4 is 0 Å². The normalized spacial score (nSPS) is 11.3. The summed E-state index contributed by atoms with van der Waals surface area (Å²) in [5.74, 6) is 0. The maximum atomic E-state index is 6.14. The zero-order valence-corrected chi connectivity index (χ0v) is 24.7. The van der Waals surface area contributed by atoms with E-state index in [0.29, 0.717) is 0 Å². The molecule has 44 heavy (non-hydrogen) atoms. The highest BCUT2D eigenvalue weighted by Crippen LogP contribution is 2.42. The van der Waals surface area contributed by atoms with E-state index in [0.717, 1.165) is 10.6 Å². The summed E-state index contributed by atoms with van der Waals surface area (Å²) in [5, 5.41) is 3.24. The van der Waals surface area contributed by atoms with E-state index in [9.17, 15) is 0 Å². The van der Waals surface area contributed by atoms with Gasteiger partial charge in [0.25, 0.3) is 0 Å². The molecule has 8 rings (SSSR count). The summed E-state index contributed by atoms with van der Waals surface area (Å²) in [4.78, 5) is 0. The molecule has 0 N–H and O–H groups in total. The molecule has 0 aliphatic carbocycles. The third-order valence-corrected chi connectivity index (χ3v) is 8.75. The van der Waals surface area contributed by atoms with Crippen LogP contribution in [0.25, 0.3) is 72.0 Å².